The van der Waals surface area contributed by atoms with Gasteiger partial charge in [-0.05, 0) is 24.3 Å². The average molecular weight is 729 g/mol. The molecule has 3 aliphatic rings. The number of carbonyl (C=O) groups is 5. The van der Waals surface area contributed by atoms with E-state index >= 15 is 0 Å². The Morgan fingerprint density at radius 3 is 2.21 bits per heavy atom. The van der Waals surface area contributed by atoms with Crippen LogP contribution in [-0.2, 0) is 47.5 Å². The first-order valence-corrected chi connectivity index (χ1v) is 15.9. The number of rotatable bonds is 11. The van der Waals surface area contributed by atoms with Gasteiger partial charge in [0.05, 0.1) is 24.4 Å². The third-order valence-electron chi connectivity index (χ3n) is 8.86. The summed E-state index contributed by atoms with van der Waals surface area (Å²) in [4.78, 5) is 64.3. The number of esters is 4. The van der Waals surface area contributed by atoms with Gasteiger partial charge in [0, 0.05) is 32.6 Å². The van der Waals surface area contributed by atoms with Crippen LogP contribution < -0.4 is 0 Å². The van der Waals surface area contributed by atoms with Gasteiger partial charge in [-0.1, -0.05) is 18.2 Å². The van der Waals surface area contributed by atoms with Crippen LogP contribution in [0.5, 0.6) is 23.0 Å². The van der Waals surface area contributed by atoms with Gasteiger partial charge < -0.3 is 58.7 Å². The molecule has 5 N–H and O–H groups in total. The van der Waals surface area contributed by atoms with Gasteiger partial charge in [0.1, 0.15) is 35.6 Å². The smallest absolute Gasteiger partial charge is 0.342 e. The molecule has 0 amide bonds. The van der Waals surface area contributed by atoms with Gasteiger partial charge in [0.2, 0.25) is 12.6 Å². The van der Waals surface area contributed by atoms with E-state index in [1.807, 2.05) is 0 Å². The van der Waals surface area contributed by atoms with Crippen molar-refractivity contribution in [2.45, 2.75) is 63.2 Å². The van der Waals surface area contributed by atoms with Crippen LogP contribution in [0.2, 0.25) is 0 Å². The first-order chi connectivity index (χ1) is 24.7. The van der Waals surface area contributed by atoms with Gasteiger partial charge in [-0.2, -0.15) is 0 Å². The number of hydrogen-bond acceptors (Lipinski definition) is 17. The minimum Gasteiger partial charge on any atom is -0.504 e. The Balaban J connectivity index is 1.59. The van der Waals surface area contributed by atoms with Crippen molar-refractivity contribution >= 4 is 29.7 Å². The second-order valence-corrected chi connectivity index (χ2v) is 12.2. The molecule has 17 heteroatoms. The molecule has 0 spiro atoms. The molecule has 3 heterocycles. The molecule has 0 radical (unpaired) electrons. The molecule has 2 fully saturated rings. The van der Waals surface area contributed by atoms with E-state index in [4.69, 9.17) is 33.2 Å². The van der Waals surface area contributed by atoms with E-state index in [1.54, 1.807) is 0 Å². The molecule has 0 bridgehead atoms. The zero-order chi connectivity index (χ0) is 37.9. The second-order valence-electron chi connectivity index (χ2n) is 12.2. The summed E-state index contributed by atoms with van der Waals surface area (Å²) in [5.74, 6) is -9.97. The molecular formula is C35H36O17. The number of ketones is 1. The van der Waals surface area contributed by atoms with Gasteiger partial charge in [-0.15, -0.1) is 6.58 Å². The molecule has 278 valence electrons. The van der Waals surface area contributed by atoms with Gasteiger partial charge in [-0.25, -0.2) is 9.59 Å². The summed E-state index contributed by atoms with van der Waals surface area (Å²) in [6, 6.07) is 7.13. The van der Waals surface area contributed by atoms with Crippen LogP contribution in [0.15, 0.2) is 60.9 Å². The van der Waals surface area contributed by atoms with Crippen LogP contribution in [0.4, 0.5) is 0 Å². The molecule has 0 saturated carbocycles. The Morgan fingerprint density at radius 1 is 0.923 bits per heavy atom. The standard InChI is InChI=1S/C35H36O17/c1-4-21-33(48-14-22-32(44)46-12-11-35(21,22)45)52-34-30(51-31(43)19-8-6-10-24(39)28(19)42)29(49-17(3)37)20(26(50-34)15-47-16(2)36)13-25(40)18-7-5-9-23(38)27(18)41/h4-10,14,20-21,26,29-30,33-34,38-39,41-42,45H,1,11-13,15H2,2-3H3. The number of ether oxygens (including phenoxy) is 7. The van der Waals surface area contributed by atoms with Crippen LogP contribution in [-0.4, -0.2) is 105 Å². The van der Waals surface area contributed by atoms with Crippen molar-refractivity contribution in [2.24, 2.45) is 11.8 Å². The largest absolute Gasteiger partial charge is 0.504 e. The van der Waals surface area contributed by atoms with Crippen molar-refractivity contribution in [3.05, 3.63) is 72.0 Å². The zero-order valence-electron chi connectivity index (χ0n) is 27.8. The third-order valence-corrected chi connectivity index (χ3v) is 8.86. The molecular weight excluding hydrogens is 692 g/mol. The number of Topliss-reactive ketones (excluding diaryl/α,β-unsaturated/α-hetero) is 1. The van der Waals surface area contributed by atoms with Crippen LogP contribution >= 0.6 is 0 Å². The number of benzene rings is 2. The highest BCUT2D eigenvalue weighted by Crippen LogP contribution is 2.44. The molecule has 3 aliphatic heterocycles. The van der Waals surface area contributed by atoms with Crippen molar-refractivity contribution in [3.8, 4) is 23.0 Å². The minimum atomic E-state index is -1.89. The van der Waals surface area contributed by atoms with Crippen LogP contribution in [0.1, 0.15) is 47.4 Å². The van der Waals surface area contributed by atoms with Crippen molar-refractivity contribution < 1.29 is 82.7 Å². The van der Waals surface area contributed by atoms with Gasteiger partial charge in [-0.3, -0.25) is 14.4 Å². The van der Waals surface area contributed by atoms with E-state index in [-0.39, 0.29) is 24.2 Å². The van der Waals surface area contributed by atoms with Crippen LogP contribution in [0, 0.1) is 11.8 Å². The molecule has 0 aromatic heterocycles. The Morgan fingerprint density at radius 2 is 1.58 bits per heavy atom. The molecule has 0 aliphatic carbocycles. The summed E-state index contributed by atoms with van der Waals surface area (Å²) in [7, 11) is 0. The summed E-state index contributed by atoms with van der Waals surface area (Å²) in [5, 5.41) is 52.5. The Kier molecular flexibility index (Phi) is 11.1. The summed E-state index contributed by atoms with van der Waals surface area (Å²) in [6.45, 7) is 5.14. The lowest BCUT2D eigenvalue weighted by molar-refractivity contribution is -0.337. The summed E-state index contributed by atoms with van der Waals surface area (Å²) in [5.41, 5.74) is -2.95. The van der Waals surface area contributed by atoms with Crippen molar-refractivity contribution in [2.75, 3.05) is 13.2 Å². The minimum absolute atomic E-state index is 0.0809. The molecule has 2 saturated heterocycles. The van der Waals surface area contributed by atoms with Crippen LogP contribution in [0.25, 0.3) is 0 Å². The highest BCUT2D eigenvalue weighted by atomic mass is 16.8. The monoisotopic (exact) mass is 728 g/mol. The summed E-state index contributed by atoms with van der Waals surface area (Å²) in [6.07, 6.45) is -6.71. The van der Waals surface area contributed by atoms with E-state index in [1.165, 1.54) is 24.3 Å². The lowest BCUT2D eigenvalue weighted by Crippen LogP contribution is -2.61. The van der Waals surface area contributed by atoms with Gasteiger partial charge >= 0.3 is 23.9 Å². The molecule has 2 aromatic carbocycles. The first-order valence-electron chi connectivity index (χ1n) is 15.9. The first kappa shape index (κ1) is 37.6. The van der Waals surface area contributed by atoms with Gasteiger partial charge in [0.25, 0.3) is 0 Å². The maximum Gasteiger partial charge on any atom is 0.342 e. The second kappa shape index (κ2) is 15.3. The highest BCUT2D eigenvalue weighted by molar-refractivity contribution is 5.99. The Hall–Kier alpha value is -5.65. The predicted octanol–water partition coefficient (Wildman–Crippen LogP) is 1.88. The van der Waals surface area contributed by atoms with Crippen molar-refractivity contribution in [1.29, 1.82) is 0 Å². The number of fused-ring (bicyclic) bond motifs is 1. The van der Waals surface area contributed by atoms with Gasteiger partial charge in [0.15, 0.2) is 34.9 Å². The maximum atomic E-state index is 13.6. The normalized spacial score (nSPS) is 28.2. The fourth-order valence-electron chi connectivity index (χ4n) is 6.30. The number of phenols is 4. The number of aromatic hydroxyl groups is 4. The molecule has 5 rings (SSSR count). The van der Waals surface area contributed by atoms with Crippen molar-refractivity contribution in [3.63, 3.8) is 0 Å². The number of carbonyl (C=O) groups excluding carboxylic acids is 5. The fourth-order valence-corrected chi connectivity index (χ4v) is 6.30. The van der Waals surface area contributed by atoms with E-state index < -0.39 is 120 Å². The topological polar surface area (TPSA) is 251 Å². The highest BCUT2D eigenvalue weighted by Gasteiger charge is 2.56. The molecule has 8 unspecified atom stereocenters. The number of para-hydroxylation sites is 2. The van der Waals surface area contributed by atoms with E-state index in [0.717, 1.165) is 38.3 Å². The molecule has 2 aromatic rings. The SMILES string of the molecule is C=CC1C(OC2OC(COC(C)=O)C(CC(=O)c3cccc(O)c3O)C(OC(C)=O)C2OC(=O)c2cccc(O)c2O)OC=C2C(=O)OCCC21O. The third kappa shape index (κ3) is 7.51. The van der Waals surface area contributed by atoms with Crippen LogP contribution in [0.3, 0.4) is 0 Å². The fraction of sp³-hybridized carbons (Fsp3) is 0.400. The zero-order valence-corrected chi connectivity index (χ0v) is 27.8. The molecule has 52 heavy (non-hydrogen) atoms. The number of hydrogen-bond donors (Lipinski definition) is 5. The number of phenolic OH excluding ortho intramolecular Hbond substituents is 4. The van der Waals surface area contributed by atoms with E-state index in [9.17, 15) is 49.5 Å². The predicted molar refractivity (Wildman–Crippen MR) is 170 cm³/mol. The average Bonchev–Trinajstić information content (AvgIpc) is 3.08. The Labute approximate surface area is 295 Å². The van der Waals surface area contributed by atoms with E-state index in [2.05, 4.69) is 6.58 Å². The number of cyclic esters (lactones) is 1. The summed E-state index contributed by atoms with van der Waals surface area (Å²) >= 11 is 0. The molecule has 8 atom stereocenters. The Bertz CT molecular complexity index is 1780. The lowest BCUT2D eigenvalue weighted by atomic mass is 9.76. The number of aliphatic hydroxyl groups is 1. The lowest BCUT2D eigenvalue weighted by Gasteiger charge is -2.48. The summed E-state index contributed by atoms with van der Waals surface area (Å²) < 4.78 is 39.7. The maximum absolute atomic E-state index is 13.6. The van der Waals surface area contributed by atoms with Crippen molar-refractivity contribution in [1.82, 2.24) is 0 Å². The van der Waals surface area contributed by atoms with E-state index in [0.29, 0.717) is 0 Å². The molecule has 17 nitrogen and oxygen atoms in total. The quantitative estimate of drug-likeness (QED) is 0.0728.